The van der Waals surface area contributed by atoms with Gasteiger partial charge in [0.1, 0.15) is 11.6 Å². The molecule has 28 heavy (non-hydrogen) atoms. The van der Waals surface area contributed by atoms with Gasteiger partial charge in [-0.15, -0.1) is 0 Å². The van der Waals surface area contributed by atoms with E-state index in [1.165, 1.54) is 31.4 Å². The van der Waals surface area contributed by atoms with Gasteiger partial charge in [-0.05, 0) is 73.2 Å². The number of rotatable bonds is 5. The molecule has 0 saturated heterocycles. The van der Waals surface area contributed by atoms with Crippen LogP contribution in [0.3, 0.4) is 0 Å². The minimum Gasteiger partial charge on any atom is -0.495 e. The molecule has 0 saturated carbocycles. The Morgan fingerprint density at radius 2 is 1.39 bits per heavy atom. The molecule has 6 heteroatoms. The predicted octanol–water partition coefficient (Wildman–Crippen LogP) is 4.65. The Kier molecular flexibility index (Phi) is 5.69. The first kappa shape index (κ1) is 19.1. The number of ether oxygens (including phenoxy) is 1. The lowest BCUT2D eigenvalue weighted by atomic mass is 10.1. The van der Waals surface area contributed by atoms with Gasteiger partial charge in [0.2, 0.25) is 0 Å². The summed E-state index contributed by atoms with van der Waals surface area (Å²) < 4.78 is 18.2. The maximum absolute atomic E-state index is 12.9. The van der Waals surface area contributed by atoms with Crippen LogP contribution in [0.25, 0.3) is 0 Å². The van der Waals surface area contributed by atoms with Gasteiger partial charge in [0.25, 0.3) is 11.8 Å². The van der Waals surface area contributed by atoms with Crippen molar-refractivity contribution < 1.29 is 18.7 Å². The number of benzene rings is 3. The van der Waals surface area contributed by atoms with E-state index in [2.05, 4.69) is 10.6 Å². The lowest BCUT2D eigenvalue weighted by Crippen LogP contribution is -2.14. The second-order valence-corrected chi connectivity index (χ2v) is 6.20. The quantitative estimate of drug-likeness (QED) is 0.679. The van der Waals surface area contributed by atoms with Crippen molar-refractivity contribution in [2.75, 3.05) is 17.7 Å². The molecule has 3 rings (SSSR count). The second kappa shape index (κ2) is 8.35. The first-order valence-corrected chi connectivity index (χ1v) is 8.59. The highest BCUT2D eigenvalue weighted by molar-refractivity contribution is 6.07. The summed E-state index contributed by atoms with van der Waals surface area (Å²) in [5.74, 6) is -0.471. The Morgan fingerprint density at radius 3 is 1.96 bits per heavy atom. The van der Waals surface area contributed by atoms with Crippen molar-refractivity contribution in [1.29, 1.82) is 0 Å². The van der Waals surface area contributed by atoms with E-state index in [-0.39, 0.29) is 17.6 Å². The average molecular weight is 378 g/mol. The monoisotopic (exact) mass is 378 g/mol. The van der Waals surface area contributed by atoms with Gasteiger partial charge in [-0.2, -0.15) is 0 Å². The number of hydrogen-bond acceptors (Lipinski definition) is 3. The molecule has 0 aliphatic heterocycles. The van der Waals surface area contributed by atoms with Crippen LogP contribution in [0.15, 0.2) is 66.7 Å². The fourth-order valence-electron chi connectivity index (χ4n) is 2.62. The summed E-state index contributed by atoms with van der Waals surface area (Å²) in [6.07, 6.45) is 0. The van der Waals surface area contributed by atoms with E-state index in [1.54, 1.807) is 30.3 Å². The van der Waals surface area contributed by atoms with Crippen molar-refractivity contribution in [1.82, 2.24) is 0 Å². The molecule has 0 bridgehead atoms. The van der Waals surface area contributed by atoms with Crippen LogP contribution in [0.5, 0.6) is 5.75 Å². The molecule has 0 heterocycles. The fourth-order valence-corrected chi connectivity index (χ4v) is 2.62. The summed E-state index contributed by atoms with van der Waals surface area (Å²) in [5.41, 5.74) is 2.84. The van der Waals surface area contributed by atoms with E-state index in [0.29, 0.717) is 28.3 Å². The fraction of sp³-hybridized carbons (Fsp3) is 0.0909. The summed E-state index contributed by atoms with van der Waals surface area (Å²) >= 11 is 0. The Bertz CT molecular complexity index is 999. The number of anilines is 2. The molecule has 142 valence electrons. The van der Waals surface area contributed by atoms with Gasteiger partial charge in [0.05, 0.1) is 12.8 Å². The number of halogens is 1. The predicted molar refractivity (Wildman–Crippen MR) is 106 cm³/mol. The zero-order valence-electron chi connectivity index (χ0n) is 15.5. The van der Waals surface area contributed by atoms with Gasteiger partial charge in [-0.1, -0.05) is 6.07 Å². The van der Waals surface area contributed by atoms with Gasteiger partial charge in [0.15, 0.2) is 0 Å². The third kappa shape index (κ3) is 4.54. The third-order valence-corrected chi connectivity index (χ3v) is 4.11. The van der Waals surface area contributed by atoms with Crippen LogP contribution in [0.1, 0.15) is 26.3 Å². The number of carbonyl (C=O) groups excluding carboxylic acids is 2. The molecule has 2 amide bonds. The van der Waals surface area contributed by atoms with Crippen molar-refractivity contribution in [3.63, 3.8) is 0 Å². The highest BCUT2D eigenvalue weighted by atomic mass is 19.1. The van der Waals surface area contributed by atoms with Crippen LogP contribution in [0.2, 0.25) is 0 Å². The molecular formula is C22H19FN2O3. The Balaban J connectivity index is 1.69. The molecule has 0 aromatic heterocycles. The Hall–Kier alpha value is -3.67. The van der Waals surface area contributed by atoms with Crippen molar-refractivity contribution in [3.8, 4) is 5.75 Å². The van der Waals surface area contributed by atoms with Gasteiger partial charge >= 0.3 is 0 Å². The molecule has 0 fully saturated rings. The van der Waals surface area contributed by atoms with Crippen LogP contribution >= 0.6 is 0 Å². The number of aryl methyl sites for hydroxylation is 1. The first-order chi connectivity index (χ1) is 13.5. The van der Waals surface area contributed by atoms with Gasteiger partial charge in [0, 0.05) is 16.8 Å². The smallest absolute Gasteiger partial charge is 0.255 e. The summed E-state index contributed by atoms with van der Waals surface area (Å²) in [5, 5.41) is 5.48. The molecule has 3 aromatic carbocycles. The molecule has 0 unspecified atom stereocenters. The minimum atomic E-state index is -0.376. The van der Waals surface area contributed by atoms with Crippen molar-refractivity contribution in [3.05, 3.63) is 89.2 Å². The summed E-state index contributed by atoms with van der Waals surface area (Å²) in [4.78, 5) is 24.8. The third-order valence-electron chi connectivity index (χ3n) is 4.11. The van der Waals surface area contributed by atoms with E-state index in [1.807, 2.05) is 19.1 Å². The van der Waals surface area contributed by atoms with E-state index < -0.39 is 0 Å². The molecule has 0 radical (unpaired) electrons. The highest BCUT2D eigenvalue weighted by Crippen LogP contribution is 2.25. The zero-order chi connectivity index (χ0) is 20.1. The van der Waals surface area contributed by atoms with Gasteiger partial charge < -0.3 is 15.4 Å². The van der Waals surface area contributed by atoms with Gasteiger partial charge in [-0.3, -0.25) is 9.59 Å². The van der Waals surface area contributed by atoms with Gasteiger partial charge in [-0.25, -0.2) is 4.39 Å². The number of carbonyl (C=O) groups is 2. The van der Waals surface area contributed by atoms with Crippen LogP contribution in [0.4, 0.5) is 15.8 Å². The van der Waals surface area contributed by atoms with E-state index in [4.69, 9.17) is 4.74 Å². The van der Waals surface area contributed by atoms with E-state index in [9.17, 15) is 14.0 Å². The SMILES string of the molecule is COc1ccc(C)cc1NC(=O)c1ccc(C(=O)Nc2ccc(F)cc2)cc1. The summed E-state index contributed by atoms with van der Waals surface area (Å²) in [7, 11) is 1.54. The lowest BCUT2D eigenvalue weighted by Gasteiger charge is -2.11. The number of amides is 2. The molecule has 5 nitrogen and oxygen atoms in total. The molecule has 3 aromatic rings. The minimum absolute atomic E-state index is 0.311. The number of hydrogen-bond donors (Lipinski definition) is 2. The van der Waals surface area contributed by atoms with Crippen LogP contribution < -0.4 is 15.4 Å². The molecule has 0 spiro atoms. The Labute approximate surface area is 162 Å². The highest BCUT2D eigenvalue weighted by Gasteiger charge is 2.12. The summed E-state index contributed by atoms with van der Waals surface area (Å²) in [6, 6.07) is 17.2. The second-order valence-electron chi connectivity index (χ2n) is 6.20. The van der Waals surface area contributed by atoms with Crippen molar-refractivity contribution >= 4 is 23.2 Å². The largest absolute Gasteiger partial charge is 0.495 e. The van der Waals surface area contributed by atoms with E-state index >= 15 is 0 Å². The average Bonchev–Trinajstić information content (AvgIpc) is 2.70. The van der Waals surface area contributed by atoms with Crippen molar-refractivity contribution in [2.45, 2.75) is 6.92 Å². The molecule has 0 aliphatic rings. The molecular weight excluding hydrogens is 359 g/mol. The number of nitrogens with one attached hydrogen (secondary N) is 2. The van der Waals surface area contributed by atoms with Crippen LogP contribution in [-0.2, 0) is 0 Å². The van der Waals surface area contributed by atoms with Crippen molar-refractivity contribution in [2.24, 2.45) is 0 Å². The standard InChI is InChI=1S/C22H19FN2O3/c1-14-3-12-20(28-2)19(13-14)25-22(27)16-6-4-15(5-7-16)21(26)24-18-10-8-17(23)9-11-18/h3-13H,1-2H3,(H,24,26)(H,25,27). The normalized spacial score (nSPS) is 10.2. The first-order valence-electron chi connectivity index (χ1n) is 8.59. The van der Waals surface area contributed by atoms with Crippen LogP contribution in [-0.4, -0.2) is 18.9 Å². The maximum Gasteiger partial charge on any atom is 0.255 e. The zero-order valence-corrected chi connectivity index (χ0v) is 15.5. The molecule has 0 atom stereocenters. The van der Waals surface area contributed by atoms with E-state index in [0.717, 1.165) is 5.56 Å². The molecule has 0 aliphatic carbocycles. The molecule has 2 N–H and O–H groups in total. The summed E-state index contributed by atoms with van der Waals surface area (Å²) in [6.45, 7) is 1.92. The van der Waals surface area contributed by atoms with Crippen LogP contribution in [0, 0.1) is 12.7 Å². The lowest BCUT2D eigenvalue weighted by molar-refractivity contribution is 0.101. The topological polar surface area (TPSA) is 67.4 Å². The maximum atomic E-state index is 12.9. The Morgan fingerprint density at radius 1 is 0.821 bits per heavy atom. The number of methoxy groups -OCH3 is 1.